The number of hydrogen-bond acceptors (Lipinski definition) is 2. The lowest BCUT2D eigenvalue weighted by Crippen LogP contribution is -2.43. The predicted octanol–water partition coefficient (Wildman–Crippen LogP) is 1.75. The van der Waals surface area contributed by atoms with Crippen molar-refractivity contribution < 1.29 is 4.79 Å². The Labute approximate surface area is 102 Å². The van der Waals surface area contributed by atoms with Gasteiger partial charge in [0.25, 0.3) is 0 Å². The highest BCUT2D eigenvalue weighted by atomic mass is 32.1. The fourth-order valence-electron chi connectivity index (χ4n) is 2.58. The Morgan fingerprint density at radius 1 is 1.31 bits per heavy atom. The smallest absolute Gasteiger partial charge is 0.233 e. The molecule has 0 atom stereocenters. The van der Waals surface area contributed by atoms with E-state index in [1.165, 1.54) is 25.7 Å². The minimum atomic E-state index is -0.496. The van der Waals surface area contributed by atoms with E-state index in [0.29, 0.717) is 10.4 Å². The molecule has 2 saturated carbocycles. The minimum Gasteiger partial charge on any atom is -0.392 e. The Balaban J connectivity index is 1.87. The van der Waals surface area contributed by atoms with E-state index < -0.39 is 5.41 Å². The molecule has 0 heterocycles. The van der Waals surface area contributed by atoms with Gasteiger partial charge in [-0.05, 0) is 31.1 Å². The quantitative estimate of drug-likeness (QED) is 0.736. The maximum atomic E-state index is 12.0. The van der Waals surface area contributed by atoms with E-state index in [-0.39, 0.29) is 5.91 Å². The van der Waals surface area contributed by atoms with Crippen LogP contribution in [-0.2, 0) is 4.79 Å². The third-order valence-corrected chi connectivity index (χ3v) is 4.53. The predicted molar refractivity (Wildman–Crippen MR) is 68.0 cm³/mol. The Morgan fingerprint density at radius 2 is 1.88 bits per heavy atom. The SMILES string of the molecule is CC1(CNC(=O)C2(C(N)=S)CC2)CCCC1. The molecular weight excluding hydrogens is 220 g/mol. The molecule has 0 aromatic heterocycles. The van der Waals surface area contributed by atoms with E-state index in [2.05, 4.69) is 12.2 Å². The molecule has 0 aromatic rings. The van der Waals surface area contributed by atoms with Crippen LogP contribution in [0.5, 0.6) is 0 Å². The summed E-state index contributed by atoms with van der Waals surface area (Å²) in [7, 11) is 0. The van der Waals surface area contributed by atoms with Crippen LogP contribution in [0.25, 0.3) is 0 Å². The van der Waals surface area contributed by atoms with Gasteiger partial charge in [-0.1, -0.05) is 32.0 Å². The summed E-state index contributed by atoms with van der Waals surface area (Å²) in [5, 5.41) is 3.04. The van der Waals surface area contributed by atoms with Gasteiger partial charge in [-0.2, -0.15) is 0 Å². The van der Waals surface area contributed by atoms with Crippen molar-refractivity contribution >= 4 is 23.1 Å². The molecule has 0 saturated heterocycles. The number of nitrogens with two attached hydrogens (primary N) is 1. The standard InChI is InChI=1S/C12H20N2OS/c1-11(4-2-3-5-11)8-14-10(15)12(6-7-12)9(13)16/h2-8H2,1H3,(H2,13,16)(H,14,15). The van der Waals surface area contributed by atoms with Crippen LogP contribution in [-0.4, -0.2) is 17.4 Å². The third kappa shape index (κ3) is 2.08. The molecule has 0 aliphatic heterocycles. The van der Waals surface area contributed by atoms with Crippen LogP contribution in [0, 0.1) is 10.8 Å². The molecule has 0 unspecified atom stereocenters. The van der Waals surface area contributed by atoms with Gasteiger partial charge in [0.15, 0.2) is 0 Å². The molecule has 3 nitrogen and oxygen atoms in total. The summed E-state index contributed by atoms with van der Waals surface area (Å²) in [5.74, 6) is 0.0492. The van der Waals surface area contributed by atoms with Crippen molar-refractivity contribution in [3.05, 3.63) is 0 Å². The summed E-state index contributed by atoms with van der Waals surface area (Å²) in [6.45, 7) is 3.02. The summed E-state index contributed by atoms with van der Waals surface area (Å²) in [5.41, 5.74) is 5.42. The van der Waals surface area contributed by atoms with Gasteiger partial charge in [-0.25, -0.2) is 0 Å². The zero-order chi connectivity index (χ0) is 11.8. The average Bonchev–Trinajstić information content (AvgIpc) is 2.95. The van der Waals surface area contributed by atoms with E-state index in [0.717, 1.165) is 19.4 Å². The topological polar surface area (TPSA) is 55.1 Å². The Hall–Kier alpha value is -0.640. The first-order chi connectivity index (χ1) is 7.49. The van der Waals surface area contributed by atoms with Crippen LogP contribution < -0.4 is 11.1 Å². The van der Waals surface area contributed by atoms with Crippen LogP contribution in [0.3, 0.4) is 0 Å². The van der Waals surface area contributed by atoms with Crippen LogP contribution >= 0.6 is 12.2 Å². The molecule has 2 fully saturated rings. The highest BCUT2D eigenvalue weighted by Crippen LogP contribution is 2.46. The number of rotatable bonds is 4. The lowest BCUT2D eigenvalue weighted by Gasteiger charge is -2.25. The molecule has 2 aliphatic carbocycles. The van der Waals surface area contributed by atoms with Crippen molar-refractivity contribution in [2.24, 2.45) is 16.6 Å². The number of thiocarbonyl (C=S) groups is 1. The largest absolute Gasteiger partial charge is 0.392 e. The van der Waals surface area contributed by atoms with E-state index in [1.54, 1.807) is 0 Å². The number of hydrogen-bond donors (Lipinski definition) is 2. The van der Waals surface area contributed by atoms with Gasteiger partial charge in [0.05, 0.1) is 10.4 Å². The number of carbonyl (C=O) groups excluding carboxylic acids is 1. The fourth-order valence-corrected chi connectivity index (χ4v) is 2.88. The first-order valence-electron chi connectivity index (χ1n) is 6.07. The Bertz CT molecular complexity index is 317. The van der Waals surface area contributed by atoms with Crippen molar-refractivity contribution in [1.29, 1.82) is 0 Å². The molecule has 2 rings (SSSR count). The second kappa shape index (κ2) is 3.99. The number of carbonyl (C=O) groups is 1. The van der Waals surface area contributed by atoms with Gasteiger partial charge < -0.3 is 11.1 Å². The van der Waals surface area contributed by atoms with E-state index in [4.69, 9.17) is 18.0 Å². The number of nitrogens with one attached hydrogen (secondary N) is 1. The van der Waals surface area contributed by atoms with Gasteiger partial charge in [-0.3, -0.25) is 4.79 Å². The van der Waals surface area contributed by atoms with Crippen LogP contribution in [0.1, 0.15) is 45.4 Å². The zero-order valence-corrected chi connectivity index (χ0v) is 10.7. The first kappa shape index (κ1) is 11.8. The fraction of sp³-hybridized carbons (Fsp3) is 0.833. The molecule has 90 valence electrons. The zero-order valence-electron chi connectivity index (χ0n) is 9.84. The highest BCUT2D eigenvalue weighted by Gasteiger charge is 2.52. The van der Waals surface area contributed by atoms with Crippen LogP contribution in [0.15, 0.2) is 0 Å². The molecule has 4 heteroatoms. The van der Waals surface area contributed by atoms with E-state index in [9.17, 15) is 4.79 Å². The molecule has 16 heavy (non-hydrogen) atoms. The molecule has 1 amide bonds. The second-order valence-corrected chi connectivity index (χ2v) is 6.09. The lowest BCUT2D eigenvalue weighted by atomic mass is 9.88. The van der Waals surface area contributed by atoms with Crippen molar-refractivity contribution in [2.75, 3.05) is 6.54 Å². The maximum Gasteiger partial charge on any atom is 0.233 e. The monoisotopic (exact) mass is 240 g/mol. The molecule has 2 aliphatic rings. The average molecular weight is 240 g/mol. The molecule has 0 spiro atoms. The molecule has 0 radical (unpaired) electrons. The molecule has 3 N–H and O–H groups in total. The first-order valence-corrected chi connectivity index (χ1v) is 6.48. The summed E-state index contributed by atoms with van der Waals surface area (Å²) in [6.07, 6.45) is 6.65. The second-order valence-electron chi connectivity index (χ2n) is 5.65. The van der Waals surface area contributed by atoms with Crippen molar-refractivity contribution in [2.45, 2.75) is 45.4 Å². The van der Waals surface area contributed by atoms with Crippen LogP contribution in [0.4, 0.5) is 0 Å². The maximum absolute atomic E-state index is 12.0. The highest BCUT2D eigenvalue weighted by molar-refractivity contribution is 7.80. The molecule has 0 aromatic carbocycles. The van der Waals surface area contributed by atoms with Crippen molar-refractivity contribution in [1.82, 2.24) is 5.32 Å². The van der Waals surface area contributed by atoms with Gasteiger partial charge >= 0.3 is 0 Å². The minimum absolute atomic E-state index is 0.0492. The third-order valence-electron chi connectivity index (χ3n) is 4.14. The summed E-state index contributed by atoms with van der Waals surface area (Å²) in [6, 6.07) is 0. The van der Waals surface area contributed by atoms with Crippen molar-refractivity contribution in [3.63, 3.8) is 0 Å². The van der Waals surface area contributed by atoms with Gasteiger partial charge in [0.2, 0.25) is 5.91 Å². The van der Waals surface area contributed by atoms with Gasteiger partial charge in [0.1, 0.15) is 0 Å². The van der Waals surface area contributed by atoms with E-state index >= 15 is 0 Å². The van der Waals surface area contributed by atoms with Crippen LogP contribution in [0.2, 0.25) is 0 Å². The molecular formula is C12H20N2OS. The Kier molecular flexibility index (Phi) is 2.95. The van der Waals surface area contributed by atoms with E-state index in [1.807, 2.05) is 0 Å². The summed E-state index contributed by atoms with van der Waals surface area (Å²) in [4.78, 5) is 12.4. The van der Waals surface area contributed by atoms with Gasteiger partial charge in [-0.15, -0.1) is 0 Å². The molecule has 0 bridgehead atoms. The van der Waals surface area contributed by atoms with Gasteiger partial charge in [0, 0.05) is 6.54 Å². The lowest BCUT2D eigenvalue weighted by molar-refractivity contribution is -0.124. The normalized spacial score (nSPS) is 25.1. The summed E-state index contributed by atoms with van der Waals surface area (Å²) < 4.78 is 0. The number of amides is 1. The van der Waals surface area contributed by atoms with Crippen molar-refractivity contribution in [3.8, 4) is 0 Å². The summed E-state index contributed by atoms with van der Waals surface area (Å²) >= 11 is 4.96. The Morgan fingerprint density at radius 3 is 2.31 bits per heavy atom.